The Balaban J connectivity index is 1.40. The van der Waals surface area contributed by atoms with E-state index in [1.807, 2.05) is 17.2 Å². The summed E-state index contributed by atoms with van der Waals surface area (Å²) in [4.78, 5) is 17.8. The molecule has 11 heteroatoms. The van der Waals surface area contributed by atoms with Crippen molar-refractivity contribution in [1.82, 2.24) is 15.0 Å². The zero-order valence-electron chi connectivity index (χ0n) is 23.1. The number of nitrogens with one attached hydrogen (secondary N) is 1. The third kappa shape index (κ3) is 5.79. The number of nitrogens with zero attached hydrogens (tertiary/aromatic N) is 5. The lowest BCUT2D eigenvalue weighted by atomic mass is 9.88. The minimum atomic E-state index is -3.02. The summed E-state index contributed by atoms with van der Waals surface area (Å²) in [6.45, 7) is 7.93. The van der Waals surface area contributed by atoms with E-state index < -0.39 is 22.1 Å². The molecule has 0 bridgehead atoms. The van der Waals surface area contributed by atoms with Gasteiger partial charge in [-0.1, -0.05) is 19.9 Å². The average molecular weight is 557 g/mol. The van der Waals surface area contributed by atoms with Crippen molar-refractivity contribution in [3.8, 4) is 0 Å². The van der Waals surface area contributed by atoms with Crippen LogP contribution >= 0.6 is 0 Å². The van der Waals surface area contributed by atoms with Gasteiger partial charge < -0.3 is 19.9 Å². The van der Waals surface area contributed by atoms with Crippen LogP contribution in [0.1, 0.15) is 38.7 Å². The number of hydrogen-bond acceptors (Lipinski definition) is 9. The van der Waals surface area contributed by atoms with Crippen LogP contribution in [0.2, 0.25) is 0 Å². The van der Waals surface area contributed by atoms with E-state index >= 15 is 0 Å². The Morgan fingerprint density at radius 2 is 1.95 bits per heavy atom. The molecule has 1 N–H and O–H groups in total. The Morgan fingerprint density at radius 3 is 2.62 bits per heavy atom. The third-order valence-electron chi connectivity index (χ3n) is 7.93. The standard InChI is InChI=1S/C28H37FN6O3S/c1-17(2)20-6-7-24(35-14-19(18(35)3)16-39(5,36)37)22-13-31-27(12-21(20)22)32-26-8-10-30-28(33-26)34-11-9-25(38-4)23(29)15-34/h6-8,10,12-13,17-19,23,25H,9,11,14-16H2,1-5H3,(H,30,31,32,33)/t18-,19-,23+,25+/m1/s1. The van der Waals surface area contributed by atoms with Crippen molar-refractivity contribution in [3.63, 3.8) is 0 Å². The molecule has 4 atom stereocenters. The van der Waals surface area contributed by atoms with Crippen LogP contribution in [0.25, 0.3) is 10.8 Å². The van der Waals surface area contributed by atoms with Gasteiger partial charge in [-0.2, -0.15) is 4.98 Å². The van der Waals surface area contributed by atoms with Crippen LogP contribution in [0.4, 0.5) is 27.7 Å². The lowest BCUT2D eigenvalue weighted by Crippen LogP contribution is -2.57. The SMILES string of the molecule is CO[C@H]1CCN(c2nccc(Nc3cc4c(C(C)C)ccc(N5C[C@H](CS(C)(=O)=O)[C@H]5C)c4cn3)n2)C[C@@H]1F. The van der Waals surface area contributed by atoms with Gasteiger partial charge in [0.2, 0.25) is 5.95 Å². The molecule has 210 valence electrons. The molecule has 39 heavy (non-hydrogen) atoms. The van der Waals surface area contributed by atoms with E-state index in [0.717, 1.165) is 16.5 Å². The first-order valence-electron chi connectivity index (χ1n) is 13.4. The quantitative estimate of drug-likeness (QED) is 0.435. The van der Waals surface area contributed by atoms with E-state index in [9.17, 15) is 12.8 Å². The van der Waals surface area contributed by atoms with Crippen molar-refractivity contribution in [2.45, 2.75) is 51.4 Å². The maximum absolute atomic E-state index is 14.4. The molecule has 0 unspecified atom stereocenters. The van der Waals surface area contributed by atoms with E-state index in [4.69, 9.17) is 9.72 Å². The van der Waals surface area contributed by atoms with Gasteiger partial charge in [0.1, 0.15) is 27.6 Å². The summed E-state index contributed by atoms with van der Waals surface area (Å²) in [6, 6.07) is 8.22. The number of rotatable bonds is 8. The molecule has 4 heterocycles. The Morgan fingerprint density at radius 1 is 1.15 bits per heavy atom. The molecule has 5 rings (SSSR count). The number of aromatic nitrogens is 3. The zero-order chi connectivity index (χ0) is 27.9. The van der Waals surface area contributed by atoms with Gasteiger partial charge in [0.05, 0.1) is 18.4 Å². The molecule has 2 aromatic heterocycles. The normalized spacial score (nSPS) is 23.8. The summed E-state index contributed by atoms with van der Waals surface area (Å²) in [5.74, 6) is 2.33. The number of piperidine rings is 1. The van der Waals surface area contributed by atoms with Crippen LogP contribution in [0.15, 0.2) is 36.7 Å². The van der Waals surface area contributed by atoms with Gasteiger partial charge in [0.25, 0.3) is 0 Å². The summed E-state index contributed by atoms with van der Waals surface area (Å²) < 4.78 is 43.3. The van der Waals surface area contributed by atoms with E-state index in [1.165, 1.54) is 18.9 Å². The Bertz CT molecular complexity index is 1450. The van der Waals surface area contributed by atoms with Crippen LogP contribution in [-0.2, 0) is 14.6 Å². The second-order valence-electron chi connectivity index (χ2n) is 11.1. The largest absolute Gasteiger partial charge is 0.378 e. The van der Waals surface area contributed by atoms with Gasteiger partial charge in [-0.25, -0.2) is 22.8 Å². The number of pyridine rings is 1. The smallest absolute Gasteiger partial charge is 0.227 e. The highest BCUT2D eigenvalue weighted by atomic mass is 32.2. The number of anilines is 4. The first-order chi connectivity index (χ1) is 18.5. The first-order valence-corrected chi connectivity index (χ1v) is 15.5. The molecular weight excluding hydrogens is 519 g/mol. The third-order valence-corrected chi connectivity index (χ3v) is 8.96. The van der Waals surface area contributed by atoms with E-state index in [0.29, 0.717) is 43.0 Å². The topological polar surface area (TPSA) is 101 Å². The van der Waals surface area contributed by atoms with Crippen molar-refractivity contribution >= 4 is 43.9 Å². The molecule has 2 aliphatic heterocycles. The number of alkyl halides is 1. The summed E-state index contributed by atoms with van der Waals surface area (Å²) in [5.41, 5.74) is 2.27. The summed E-state index contributed by atoms with van der Waals surface area (Å²) >= 11 is 0. The predicted octanol–water partition coefficient (Wildman–Crippen LogP) is 4.32. The van der Waals surface area contributed by atoms with Crippen molar-refractivity contribution in [1.29, 1.82) is 0 Å². The molecule has 0 saturated carbocycles. The van der Waals surface area contributed by atoms with Gasteiger partial charge in [0.15, 0.2) is 0 Å². The maximum Gasteiger partial charge on any atom is 0.227 e. The van der Waals surface area contributed by atoms with Gasteiger partial charge in [0, 0.05) is 61.9 Å². The zero-order valence-corrected chi connectivity index (χ0v) is 23.9. The molecule has 2 saturated heterocycles. The van der Waals surface area contributed by atoms with E-state index in [-0.39, 0.29) is 24.3 Å². The number of sulfone groups is 1. The monoisotopic (exact) mass is 556 g/mol. The van der Waals surface area contributed by atoms with Gasteiger partial charge in [-0.05, 0) is 48.4 Å². The Hall–Kier alpha value is -3.05. The molecule has 2 fully saturated rings. The van der Waals surface area contributed by atoms with E-state index in [2.05, 4.69) is 53.1 Å². The highest BCUT2D eigenvalue weighted by Crippen LogP contribution is 2.39. The number of ether oxygens (including phenoxy) is 1. The van der Waals surface area contributed by atoms with Gasteiger partial charge >= 0.3 is 0 Å². The molecular formula is C28H37FN6O3S. The van der Waals surface area contributed by atoms with Crippen molar-refractivity contribution < 1.29 is 17.5 Å². The lowest BCUT2D eigenvalue weighted by Gasteiger charge is -2.48. The van der Waals surface area contributed by atoms with Crippen molar-refractivity contribution in [2.24, 2.45) is 5.92 Å². The van der Waals surface area contributed by atoms with Crippen LogP contribution < -0.4 is 15.1 Å². The number of methoxy groups -OCH3 is 1. The molecule has 9 nitrogen and oxygen atoms in total. The predicted molar refractivity (Wildman–Crippen MR) is 154 cm³/mol. The molecule has 3 aromatic rings. The highest BCUT2D eigenvalue weighted by Gasteiger charge is 2.38. The fraction of sp³-hybridized carbons (Fsp3) is 0.536. The second kappa shape index (κ2) is 10.8. The summed E-state index contributed by atoms with van der Waals surface area (Å²) in [6.07, 6.45) is 3.93. The Labute approximate surface area is 229 Å². The first kappa shape index (κ1) is 27.5. The van der Waals surface area contributed by atoms with Gasteiger partial charge in [-0.3, -0.25) is 0 Å². The molecule has 0 radical (unpaired) electrons. The van der Waals surface area contributed by atoms with E-state index in [1.54, 1.807) is 12.3 Å². The number of fused-ring (bicyclic) bond motifs is 1. The molecule has 0 amide bonds. The number of benzene rings is 1. The Kier molecular flexibility index (Phi) is 7.65. The fourth-order valence-electron chi connectivity index (χ4n) is 5.69. The maximum atomic E-state index is 14.4. The van der Waals surface area contributed by atoms with Crippen LogP contribution in [0, 0.1) is 5.92 Å². The van der Waals surface area contributed by atoms with Gasteiger partial charge in [-0.15, -0.1) is 0 Å². The molecule has 0 spiro atoms. The molecule has 1 aromatic carbocycles. The summed E-state index contributed by atoms with van der Waals surface area (Å²) in [5, 5.41) is 5.43. The minimum Gasteiger partial charge on any atom is -0.378 e. The van der Waals surface area contributed by atoms with Crippen molar-refractivity contribution in [2.75, 3.05) is 53.9 Å². The highest BCUT2D eigenvalue weighted by molar-refractivity contribution is 7.90. The number of halogens is 1. The fourth-order valence-corrected chi connectivity index (χ4v) is 6.85. The average Bonchev–Trinajstić information content (AvgIpc) is 2.89. The van der Waals surface area contributed by atoms with Crippen LogP contribution in [-0.4, -0.2) is 80.4 Å². The minimum absolute atomic E-state index is 0.119. The second-order valence-corrected chi connectivity index (χ2v) is 13.3. The summed E-state index contributed by atoms with van der Waals surface area (Å²) in [7, 11) is -1.48. The van der Waals surface area contributed by atoms with Crippen molar-refractivity contribution in [3.05, 3.63) is 42.2 Å². The lowest BCUT2D eigenvalue weighted by molar-refractivity contribution is 0.0194. The van der Waals surface area contributed by atoms with Crippen LogP contribution in [0.5, 0.6) is 0 Å². The van der Waals surface area contributed by atoms with Crippen LogP contribution in [0.3, 0.4) is 0 Å². The molecule has 2 aliphatic rings. The number of hydrogen-bond donors (Lipinski definition) is 1. The molecule has 0 aliphatic carbocycles.